The molecule has 0 bridgehead atoms. The van der Waals surface area contributed by atoms with Crippen LogP contribution in [0.15, 0.2) is 18.2 Å². The summed E-state index contributed by atoms with van der Waals surface area (Å²) in [6.45, 7) is 11.7. The molecule has 2 N–H and O–H groups in total. The van der Waals surface area contributed by atoms with Gasteiger partial charge in [-0.05, 0) is 30.2 Å². The van der Waals surface area contributed by atoms with E-state index in [0.29, 0.717) is 12.2 Å². The molecule has 0 saturated carbocycles. The first-order chi connectivity index (χ1) is 11.3. The number of hydrogen-bond donors (Lipinski definition) is 2. The molecule has 3 aliphatic heterocycles. The van der Waals surface area contributed by atoms with Crippen molar-refractivity contribution in [3.8, 4) is 0 Å². The van der Waals surface area contributed by atoms with Crippen molar-refractivity contribution in [2.75, 3.05) is 50.7 Å². The van der Waals surface area contributed by atoms with Crippen molar-refractivity contribution >= 4 is 5.69 Å². The molecule has 0 amide bonds. The van der Waals surface area contributed by atoms with Gasteiger partial charge in [-0.15, -0.1) is 0 Å². The quantitative estimate of drug-likeness (QED) is 0.863. The average Bonchev–Trinajstić information content (AvgIpc) is 2.97. The van der Waals surface area contributed by atoms with E-state index in [4.69, 9.17) is 4.74 Å². The van der Waals surface area contributed by atoms with E-state index < -0.39 is 0 Å². The predicted molar refractivity (Wildman–Crippen MR) is 92.8 cm³/mol. The molecule has 2 atom stereocenters. The average molecular weight is 316 g/mol. The third kappa shape index (κ3) is 3.53. The molecule has 0 aromatic heterocycles. The predicted octanol–water partition coefficient (Wildman–Crippen LogP) is 0.789. The molecule has 5 nitrogen and oxygen atoms in total. The standard InChI is InChI=1S/C18H28N4O/c1-14-9-20-10-18(23-14)13-21-11-15-2-3-17(8-16(15)12-21)22-6-4-19-5-7-22/h2-3,8,14,18-20H,4-7,9-13H2,1H3. The fourth-order valence-corrected chi connectivity index (χ4v) is 3.97. The topological polar surface area (TPSA) is 39.8 Å². The lowest BCUT2D eigenvalue weighted by Crippen LogP contribution is -2.47. The van der Waals surface area contributed by atoms with Crippen molar-refractivity contribution in [2.45, 2.75) is 32.2 Å². The Labute approximate surface area is 139 Å². The number of benzene rings is 1. The highest BCUT2D eigenvalue weighted by Gasteiger charge is 2.26. The summed E-state index contributed by atoms with van der Waals surface area (Å²) >= 11 is 0. The maximum absolute atomic E-state index is 6.05. The molecule has 1 aromatic rings. The monoisotopic (exact) mass is 316 g/mol. The normalized spacial score (nSPS) is 28.8. The second-order valence-electron chi connectivity index (χ2n) is 7.09. The molecule has 4 rings (SSSR count). The van der Waals surface area contributed by atoms with Crippen molar-refractivity contribution in [1.29, 1.82) is 0 Å². The number of piperazine rings is 1. The van der Waals surface area contributed by atoms with Gasteiger partial charge in [0, 0.05) is 64.6 Å². The Morgan fingerprint density at radius 2 is 1.91 bits per heavy atom. The lowest BCUT2D eigenvalue weighted by molar-refractivity contribution is -0.0430. The Bertz CT molecular complexity index is 544. The first-order valence-electron chi connectivity index (χ1n) is 8.94. The summed E-state index contributed by atoms with van der Waals surface area (Å²) in [5, 5.41) is 6.89. The van der Waals surface area contributed by atoms with Gasteiger partial charge in [-0.25, -0.2) is 0 Å². The Balaban J connectivity index is 1.39. The van der Waals surface area contributed by atoms with Crippen molar-refractivity contribution in [2.24, 2.45) is 0 Å². The molecule has 23 heavy (non-hydrogen) atoms. The van der Waals surface area contributed by atoms with E-state index in [-0.39, 0.29) is 0 Å². The van der Waals surface area contributed by atoms with Gasteiger partial charge >= 0.3 is 0 Å². The summed E-state index contributed by atoms with van der Waals surface area (Å²) in [6.07, 6.45) is 0.652. The fourth-order valence-electron chi connectivity index (χ4n) is 3.97. The minimum Gasteiger partial charge on any atom is -0.371 e. The van der Waals surface area contributed by atoms with E-state index in [0.717, 1.165) is 58.9 Å². The van der Waals surface area contributed by atoms with E-state index in [1.165, 1.54) is 16.8 Å². The zero-order chi connectivity index (χ0) is 15.6. The van der Waals surface area contributed by atoms with E-state index in [2.05, 4.69) is 45.6 Å². The SMILES string of the molecule is CC1CNCC(CN2Cc3ccc(N4CCNCC4)cc3C2)O1. The van der Waals surface area contributed by atoms with Crippen LogP contribution in [0, 0.1) is 0 Å². The fraction of sp³-hybridized carbons (Fsp3) is 0.667. The van der Waals surface area contributed by atoms with Gasteiger partial charge in [-0.2, -0.15) is 0 Å². The van der Waals surface area contributed by atoms with Crippen LogP contribution in [0.3, 0.4) is 0 Å². The molecule has 2 saturated heterocycles. The first-order valence-corrected chi connectivity index (χ1v) is 8.94. The van der Waals surface area contributed by atoms with Crippen molar-refractivity contribution in [3.05, 3.63) is 29.3 Å². The second-order valence-corrected chi connectivity index (χ2v) is 7.09. The highest BCUT2D eigenvalue weighted by Crippen LogP contribution is 2.28. The van der Waals surface area contributed by atoms with Gasteiger partial charge < -0.3 is 20.3 Å². The van der Waals surface area contributed by atoms with Crippen LogP contribution in [0.2, 0.25) is 0 Å². The van der Waals surface area contributed by atoms with Crippen LogP contribution < -0.4 is 15.5 Å². The van der Waals surface area contributed by atoms with Gasteiger partial charge in [0.25, 0.3) is 0 Å². The molecular weight excluding hydrogens is 288 g/mol. The van der Waals surface area contributed by atoms with Crippen molar-refractivity contribution in [1.82, 2.24) is 15.5 Å². The Hall–Kier alpha value is -1.14. The second kappa shape index (κ2) is 6.77. The number of rotatable bonds is 3. The smallest absolute Gasteiger partial charge is 0.0830 e. The third-order valence-electron chi connectivity index (χ3n) is 5.15. The van der Waals surface area contributed by atoms with Crippen molar-refractivity contribution in [3.63, 3.8) is 0 Å². The summed E-state index contributed by atoms with van der Waals surface area (Å²) < 4.78 is 6.05. The summed E-state index contributed by atoms with van der Waals surface area (Å²) in [5.74, 6) is 0. The van der Waals surface area contributed by atoms with Crippen LogP contribution in [-0.2, 0) is 17.8 Å². The van der Waals surface area contributed by atoms with Crippen LogP contribution in [-0.4, -0.2) is 62.9 Å². The van der Waals surface area contributed by atoms with Gasteiger partial charge in [0.1, 0.15) is 0 Å². The maximum Gasteiger partial charge on any atom is 0.0830 e. The molecule has 0 radical (unpaired) electrons. The van der Waals surface area contributed by atoms with E-state index in [9.17, 15) is 0 Å². The van der Waals surface area contributed by atoms with Gasteiger partial charge in [0.2, 0.25) is 0 Å². The minimum absolute atomic E-state index is 0.320. The summed E-state index contributed by atoms with van der Waals surface area (Å²) in [6, 6.07) is 7.03. The largest absolute Gasteiger partial charge is 0.371 e. The Kier molecular flexibility index (Phi) is 4.53. The first kappa shape index (κ1) is 15.4. The number of nitrogens with zero attached hydrogens (tertiary/aromatic N) is 2. The molecule has 3 aliphatic rings. The van der Waals surface area contributed by atoms with Crippen LogP contribution in [0.4, 0.5) is 5.69 Å². The van der Waals surface area contributed by atoms with E-state index in [1.807, 2.05) is 0 Å². The number of morpholine rings is 1. The molecule has 126 valence electrons. The highest BCUT2D eigenvalue weighted by molar-refractivity contribution is 5.52. The van der Waals surface area contributed by atoms with Crippen molar-refractivity contribution < 1.29 is 4.74 Å². The Morgan fingerprint density at radius 1 is 1.09 bits per heavy atom. The third-order valence-corrected chi connectivity index (χ3v) is 5.15. The number of ether oxygens (including phenoxy) is 1. The minimum atomic E-state index is 0.320. The molecule has 1 aromatic carbocycles. The lowest BCUT2D eigenvalue weighted by atomic mass is 10.1. The molecular formula is C18H28N4O. The van der Waals surface area contributed by atoms with Crippen LogP contribution in [0.1, 0.15) is 18.1 Å². The van der Waals surface area contributed by atoms with Gasteiger partial charge in [-0.1, -0.05) is 6.07 Å². The summed E-state index contributed by atoms with van der Waals surface area (Å²) in [5.41, 5.74) is 4.37. The number of hydrogen-bond acceptors (Lipinski definition) is 5. The maximum atomic E-state index is 6.05. The van der Waals surface area contributed by atoms with E-state index >= 15 is 0 Å². The van der Waals surface area contributed by atoms with Gasteiger partial charge in [0.15, 0.2) is 0 Å². The highest BCUT2D eigenvalue weighted by atomic mass is 16.5. The molecule has 0 aliphatic carbocycles. The van der Waals surface area contributed by atoms with Gasteiger partial charge in [0.05, 0.1) is 12.2 Å². The number of nitrogens with one attached hydrogen (secondary N) is 2. The molecule has 3 heterocycles. The summed E-state index contributed by atoms with van der Waals surface area (Å²) in [4.78, 5) is 5.02. The van der Waals surface area contributed by atoms with E-state index in [1.54, 1.807) is 0 Å². The van der Waals surface area contributed by atoms with Crippen LogP contribution in [0.25, 0.3) is 0 Å². The zero-order valence-corrected chi connectivity index (χ0v) is 14.1. The molecule has 2 unspecified atom stereocenters. The molecule has 0 spiro atoms. The van der Waals surface area contributed by atoms with Gasteiger partial charge in [-0.3, -0.25) is 4.90 Å². The van der Waals surface area contributed by atoms with Crippen LogP contribution >= 0.6 is 0 Å². The lowest BCUT2D eigenvalue weighted by Gasteiger charge is -2.31. The zero-order valence-electron chi connectivity index (χ0n) is 14.1. The molecule has 2 fully saturated rings. The van der Waals surface area contributed by atoms with Crippen LogP contribution in [0.5, 0.6) is 0 Å². The number of fused-ring (bicyclic) bond motifs is 1. The molecule has 5 heteroatoms. The summed E-state index contributed by atoms with van der Waals surface area (Å²) in [7, 11) is 0. The Morgan fingerprint density at radius 3 is 2.74 bits per heavy atom. The number of anilines is 1.